The van der Waals surface area contributed by atoms with Gasteiger partial charge in [0.05, 0.1) is 11.1 Å². The average molecular weight is 373 g/mol. The van der Waals surface area contributed by atoms with E-state index < -0.39 is 11.9 Å². The van der Waals surface area contributed by atoms with Crippen LogP contribution in [0.25, 0.3) is 21.6 Å². The van der Waals surface area contributed by atoms with Gasteiger partial charge in [-0.1, -0.05) is 65.8 Å². The van der Waals surface area contributed by atoms with Crippen LogP contribution in [-0.2, 0) is 6.42 Å². The number of carbonyl (C=O) groups is 2. The van der Waals surface area contributed by atoms with Crippen LogP contribution in [0, 0.1) is 0 Å². The summed E-state index contributed by atoms with van der Waals surface area (Å²) in [6.07, 6.45) is 0.335. The van der Waals surface area contributed by atoms with Gasteiger partial charge in [-0.2, -0.15) is 0 Å². The van der Waals surface area contributed by atoms with Crippen molar-refractivity contribution in [1.82, 2.24) is 0 Å². The smallest absolute Gasteiger partial charge is 0.336 e. The lowest BCUT2D eigenvalue weighted by molar-refractivity contribution is 0.0683. The van der Waals surface area contributed by atoms with Gasteiger partial charge < -0.3 is 10.2 Å². The Labute approximate surface area is 160 Å². The number of hydrogen-bond acceptors (Lipinski definition) is 3. The Morgan fingerprint density at radius 1 is 0.857 bits per heavy atom. The van der Waals surface area contributed by atoms with Crippen molar-refractivity contribution in [3.05, 3.63) is 99.4 Å². The molecule has 3 aromatic rings. The maximum absolute atomic E-state index is 12.0. The molecule has 0 amide bonds. The van der Waals surface area contributed by atoms with Crippen LogP contribution in [0.5, 0.6) is 0 Å². The summed E-state index contributed by atoms with van der Waals surface area (Å²) >= 11 is 0. The molecule has 3 aromatic carbocycles. The third kappa shape index (κ3) is 3.85. The summed E-state index contributed by atoms with van der Waals surface area (Å²) in [7, 11) is 0. The van der Waals surface area contributed by atoms with Gasteiger partial charge >= 0.3 is 11.9 Å². The first kappa shape index (κ1) is 18.7. The van der Waals surface area contributed by atoms with E-state index in [1.54, 1.807) is 60.7 Å². The Balaban J connectivity index is 2.09. The molecule has 0 atom stereocenters. The number of benzene rings is 3. The molecule has 0 aliphatic rings. The van der Waals surface area contributed by atoms with E-state index in [-0.39, 0.29) is 11.1 Å². The Hall–Kier alpha value is -4.09. The highest BCUT2D eigenvalue weighted by Gasteiger charge is 2.20. The molecule has 0 spiro atoms. The van der Waals surface area contributed by atoms with Gasteiger partial charge in [0.2, 0.25) is 0 Å². The van der Waals surface area contributed by atoms with Gasteiger partial charge in [0, 0.05) is 10.6 Å². The molecule has 7 heteroatoms. The predicted octanol–water partition coefficient (Wildman–Crippen LogP) is 5.28. The van der Waals surface area contributed by atoms with Crippen molar-refractivity contribution in [2.45, 2.75) is 6.42 Å². The van der Waals surface area contributed by atoms with E-state index in [9.17, 15) is 19.8 Å². The summed E-state index contributed by atoms with van der Waals surface area (Å²) in [6, 6.07) is 18.2. The molecule has 138 valence electrons. The summed E-state index contributed by atoms with van der Waals surface area (Å²) in [6.45, 7) is 0. The highest BCUT2D eigenvalue weighted by atomic mass is 16.4. The van der Waals surface area contributed by atoms with Gasteiger partial charge in [-0.3, -0.25) is 0 Å². The molecule has 0 heterocycles. The maximum atomic E-state index is 12.0. The van der Waals surface area contributed by atoms with E-state index >= 15 is 0 Å². The first-order valence-electron chi connectivity index (χ1n) is 8.33. The van der Waals surface area contributed by atoms with Crippen LogP contribution in [0.4, 0.5) is 5.69 Å². The zero-order chi connectivity index (χ0) is 20.1. The molecule has 0 saturated carbocycles. The minimum Gasteiger partial charge on any atom is -0.478 e. The highest BCUT2D eigenvalue weighted by Crippen LogP contribution is 2.31. The fourth-order valence-electron chi connectivity index (χ4n) is 3.08. The standard InChI is InChI=1S/C21H15N3O4/c22-24-23-15-10-8-13(9-11-15)12-14-4-3-7-17(19(14)21(27)28)16-5-1-2-6-18(16)20(25)26/h1-11H,12H2,(H,25,26)(H,27,28). The van der Waals surface area contributed by atoms with Crippen LogP contribution in [-0.4, -0.2) is 22.2 Å². The number of nitrogens with zero attached hydrogens (tertiary/aromatic N) is 3. The lowest BCUT2D eigenvalue weighted by Gasteiger charge is -2.14. The number of hydrogen-bond donors (Lipinski definition) is 2. The fourth-order valence-corrected chi connectivity index (χ4v) is 3.08. The second-order valence-corrected chi connectivity index (χ2v) is 6.03. The van der Waals surface area contributed by atoms with E-state index in [0.29, 0.717) is 28.8 Å². The Bertz CT molecular complexity index is 1100. The molecular weight excluding hydrogens is 358 g/mol. The molecule has 0 saturated heterocycles. The van der Waals surface area contributed by atoms with Crippen molar-refractivity contribution in [3.8, 4) is 11.1 Å². The van der Waals surface area contributed by atoms with E-state index in [0.717, 1.165) is 5.56 Å². The average Bonchev–Trinajstić information content (AvgIpc) is 2.69. The van der Waals surface area contributed by atoms with Crippen LogP contribution in [0.1, 0.15) is 31.8 Å². The largest absolute Gasteiger partial charge is 0.478 e. The summed E-state index contributed by atoms with van der Waals surface area (Å²) in [5.74, 6) is -2.25. The van der Waals surface area contributed by atoms with Gasteiger partial charge in [-0.25, -0.2) is 9.59 Å². The second-order valence-electron chi connectivity index (χ2n) is 6.03. The van der Waals surface area contributed by atoms with E-state index in [1.165, 1.54) is 6.07 Å². The van der Waals surface area contributed by atoms with Crippen LogP contribution in [0.3, 0.4) is 0 Å². The topological polar surface area (TPSA) is 123 Å². The summed E-state index contributed by atoms with van der Waals surface area (Å²) in [4.78, 5) is 26.3. The van der Waals surface area contributed by atoms with Crippen molar-refractivity contribution in [3.63, 3.8) is 0 Å². The second kappa shape index (κ2) is 8.07. The first-order chi connectivity index (χ1) is 13.5. The quantitative estimate of drug-likeness (QED) is 0.346. The molecule has 0 aromatic heterocycles. The van der Waals surface area contributed by atoms with E-state index in [4.69, 9.17) is 5.53 Å². The van der Waals surface area contributed by atoms with Gasteiger partial charge in [0.15, 0.2) is 0 Å². The summed E-state index contributed by atoms with van der Waals surface area (Å²) in [5.41, 5.74) is 11.2. The zero-order valence-electron chi connectivity index (χ0n) is 14.6. The van der Waals surface area contributed by atoms with Crippen molar-refractivity contribution < 1.29 is 19.8 Å². The predicted molar refractivity (Wildman–Crippen MR) is 104 cm³/mol. The molecule has 0 bridgehead atoms. The Morgan fingerprint density at radius 2 is 1.54 bits per heavy atom. The molecule has 2 N–H and O–H groups in total. The number of aromatic carboxylic acids is 2. The van der Waals surface area contributed by atoms with Crippen LogP contribution >= 0.6 is 0 Å². The number of carboxylic acids is 2. The Morgan fingerprint density at radius 3 is 2.18 bits per heavy atom. The van der Waals surface area contributed by atoms with Crippen molar-refractivity contribution in [2.24, 2.45) is 5.11 Å². The molecule has 0 unspecified atom stereocenters. The van der Waals surface area contributed by atoms with E-state index in [2.05, 4.69) is 10.0 Å². The van der Waals surface area contributed by atoms with Crippen LogP contribution in [0.2, 0.25) is 0 Å². The van der Waals surface area contributed by atoms with Crippen molar-refractivity contribution in [1.29, 1.82) is 0 Å². The lowest BCUT2D eigenvalue weighted by atomic mass is 9.90. The van der Waals surface area contributed by atoms with Crippen molar-refractivity contribution in [2.75, 3.05) is 0 Å². The maximum Gasteiger partial charge on any atom is 0.336 e. The highest BCUT2D eigenvalue weighted by molar-refractivity contribution is 6.03. The molecule has 0 aliphatic heterocycles. The van der Waals surface area contributed by atoms with Crippen LogP contribution in [0.15, 0.2) is 71.8 Å². The van der Waals surface area contributed by atoms with Crippen LogP contribution < -0.4 is 0 Å². The fraction of sp³-hybridized carbons (Fsp3) is 0.0476. The SMILES string of the molecule is [N-]=[N+]=Nc1ccc(Cc2cccc(-c3ccccc3C(=O)O)c2C(=O)O)cc1. The molecule has 0 radical (unpaired) electrons. The molecule has 28 heavy (non-hydrogen) atoms. The molecule has 3 rings (SSSR count). The van der Waals surface area contributed by atoms with Gasteiger partial charge in [0.25, 0.3) is 0 Å². The zero-order valence-corrected chi connectivity index (χ0v) is 14.6. The minimum absolute atomic E-state index is 0.0425. The van der Waals surface area contributed by atoms with Gasteiger partial charge in [-0.05, 0) is 40.3 Å². The summed E-state index contributed by atoms with van der Waals surface area (Å²) < 4.78 is 0. The van der Waals surface area contributed by atoms with E-state index in [1.807, 2.05) is 0 Å². The van der Waals surface area contributed by atoms with Crippen molar-refractivity contribution >= 4 is 17.6 Å². The molecular formula is C21H15N3O4. The summed E-state index contributed by atoms with van der Waals surface area (Å²) in [5, 5.41) is 22.8. The van der Waals surface area contributed by atoms with Gasteiger partial charge in [-0.15, -0.1) is 0 Å². The minimum atomic E-state index is -1.13. The Kier molecular flexibility index (Phi) is 5.39. The third-order valence-electron chi connectivity index (χ3n) is 4.30. The lowest BCUT2D eigenvalue weighted by Crippen LogP contribution is -2.08. The molecule has 0 aliphatic carbocycles. The third-order valence-corrected chi connectivity index (χ3v) is 4.30. The first-order valence-corrected chi connectivity index (χ1v) is 8.33. The number of azide groups is 1. The monoisotopic (exact) mass is 373 g/mol. The molecule has 0 fully saturated rings. The van der Waals surface area contributed by atoms with Gasteiger partial charge in [0.1, 0.15) is 0 Å². The number of carboxylic acid groups (broad SMARTS) is 2. The normalized spacial score (nSPS) is 10.1. The number of rotatable bonds is 6. The molecule has 7 nitrogen and oxygen atoms in total.